The molecule has 4 rings (SSSR count). The zero-order chi connectivity index (χ0) is 21.3. The molecular formula is C19H17FN4O5S. The van der Waals surface area contributed by atoms with Gasteiger partial charge in [-0.1, -0.05) is 0 Å². The molecular weight excluding hydrogens is 415 g/mol. The molecule has 0 atom stereocenters. The van der Waals surface area contributed by atoms with Gasteiger partial charge in [-0.05, 0) is 49.2 Å². The lowest BCUT2D eigenvalue weighted by atomic mass is 9.98. The number of nitro benzene ring substituents is 1. The van der Waals surface area contributed by atoms with Crippen molar-refractivity contribution in [2.24, 2.45) is 0 Å². The number of hydrogen-bond acceptors (Lipinski definition) is 7. The summed E-state index contributed by atoms with van der Waals surface area (Å²) in [5, 5.41) is 18.8. The number of benzene rings is 2. The standard InChI is InChI=1S/C19H17FN4O5S/c20-15-3-1-13(2-4-15)18-21-22-19(29-18)14-9-11-23(12-10-14)30(27,28)17-7-5-16(6-8-17)24(25)26/h1-8,14H,9-12H2. The van der Waals surface area contributed by atoms with Crippen LogP contribution in [0.3, 0.4) is 0 Å². The van der Waals surface area contributed by atoms with Crippen molar-refractivity contribution in [1.29, 1.82) is 0 Å². The van der Waals surface area contributed by atoms with E-state index in [0.29, 0.717) is 24.3 Å². The second-order valence-corrected chi connectivity index (χ2v) is 8.82. The fourth-order valence-corrected chi connectivity index (χ4v) is 4.81. The Morgan fingerprint density at radius 1 is 1.03 bits per heavy atom. The average molecular weight is 432 g/mol. The van der Waals surface area contributed by atoms with Crippen molar-refractivity contribution in [3.05, 3.63) is 70.4 Å². The van der Waals surface area contributed by atoms with E-state index in [0.717, 1.165) is 0 Å². The molecule has 11 heteroatoms. The number of non-ortho nitro benzene ring substituents is 1. The lowest BCUT2D eigenvalue weighted by molar-refractivity contribution is -0.384. The third-order valence-corrected chi connectivity index (χ3v) is 6.93. The van der Waals surface area contributed by atoms with E-state index in [1.165, 1.54) is 40.7 Å². The third kappa shape index (κ3) is 3.94. The van der Waals surface area contributed by atoms with Crippen molar-refractivity contribution < 1.29 is 22.1 Å². The van der Waals surface area contributed by atoms with Crippen LogP contribution in [-0.4, -0.2) is 40.9 Å². The van der Waals surface area contributed by atoms with Crippen LogP contribution >= 0.6 is 0 Å². The van der Waals surface area contributed by atoms with E-state index in [1.807, 2.05) is 0 Å². The fraction of sp³-hybridized carbons (Fsp3) is 0.263. The van der Waals surface area contributed by atoms with Gasteiger partial charge in [0.2, 0.25) is 21.8 Å². The molecule has 1 aliphatic rings. The number of rotatable bonds is 5. The normalized spacial score (nSPS) is 15.9. The Kier molecular flexibility index (Phi) is 5.31. The van der Waals surface area contributed by atoms with Crippen molar-refractivity contribution in [3.63, 3.8) is 0 Å². The molecule has 0 N–H and O–H groups in total. The van der Waals surface area contributed by atoms with Gasteiger partial charge in [-0.2, -0.15) is 4.31 Å². The molecule has 156 valence electrons. The number of piperidine rings is 1. The maximum Gasteiger partial charge on any atom is 0.269 e. The van der Waals surface area contributed by atoms with Crippen LogP contribution in [0.15, 0.2) is 57.8 Å². The lowest BCUT2D eigenvalue weighted by Crippen LogP contribution is -2.37. The first-order valence-corrected chi connectivity index (χ1v) is 10.6. The average Bonchev–Trinajstić information content (AvgIpc) is 3.25. The van der Waals surface area contributed by atoms with Crippen molar-refractivity contribution in [1.82, 2.24) is 14.5 Å². The molecule has 0 spiro atoms. The topological polar surface area (TPSA) is 119 Å². The highest BCUT2D eigenvalue weighted by Gasteiger charge is 2.32. The second kappa shape index (κ2) is 7.92. The van der Waals surface area contributed by atoms with Crippen LogP contribution in [0, 0.1) is 15.9 Å². The van der Waals surface area contributed by atoms with E-state index < -0.39 is 14.9 Å². The number of hydrogen-bond donors (Lipinski definition) is 0. The minimum absolute atomic E-state index is 0.0166. The summed E-state index contributed by atoms with van der Waals surface area (Å²) in [5.74, 6) is 0.253. The van der Waals surface area contributed by atoms with E-state index in [-0.39, 0.29) is 41.3 Å². The fourth-order valence-electron chi connectivity index (χ4n) is 3.34. The van der Waals surface area contributed by atoms with Crippen LogP contribution in [0.1, 0.15) is 24.7 Å². The molecule has 0 unspecified atom stereocenters. The van der Waals surface area contributed by atoms with Gasteiger partial charge < -0.3 is 4.42 Å². The summed E-state index contributed by atoms with van der Waals surface area (Å²) in [4.78, 5) is 10.2. The van der Waals surface area contributed by atoms with Gasteiger partial charge in [0.05, 0.1) is 9.82 Å². The molecule has 0 amide bonds. The summed E-state index contributed by atoms with van der Waals surface area (Å²) in [7, 11) is -3.74. The Balaban J connectivity index is 1.43. The smallest absolute Gasteiger partial charge is 0.269 e. The summed E-state index contributed by atoms with van der Waals surface area (Å²) in [6, 6.07) is 10.5. The van der Waals surface area contributed by atoms with Crippen LogP contribution in [0.25, 0.3) is 11.5 Å². The highest BCUT2D eigenvalue weighted by molar-refractivity contribution is 7.89. The first-order valence-electron chi connectivity index (χ1n) is 9.18. The number of halogens is 1. The van der Waals surface area contributed by atoms with Gasteiger partial charge in [-0.3, -0.25) is 10.1 Å². The highest BCUT2D eigenvalue weighted by atomic mass is 32.2. The van der Waals surface area contributed by atoms with E-state index in [2.05, 4.69) is 10.2 Å². The molecule has 0 saturated carbocycles. The minimum Gasteiger partial charge on any atom is -0.420 e. The van der Waals surface area contributed by atoms with Gasteiger partial charge in [-0.25, -0.2) is 12.8 Å². The number of sulfonamides is 1. The zero-order valence-electron chi connectivity index (χ0n) is 15.6. The molecule has 9 nitrogen and oxygen atoms in total. The molecule has 2 heterocycles. The number of aromatic nitrogens is 2. The Bertz CT molecular complexity index is 1150. The van der Waals surface area contributed by atoms with Crippen molar-refractivity contribution >= 4 is 15.7 Å². The maximum absolute atomic E-state index is 13.1. The Labute approximate surface area is 171 Å². The van der Waals surface area contributed by atoms with Gasteiger partial charge >= 0.3 is 0 Å². The molecule has 30 heavy (non-hydrogen) atoms. The summed E-state index contributed by atoms with van der Waals surface area (Å²) >= 11 is 0. The SMILES string of the molecule is O=[N+]([O-])c1ccc(S(=O)(=O)N2CCC(c3nnc(-c4ccc(F)cc4)o3)CC2)cc1. The first kappa shape index (κ1) is 20.1. The molecule has 0 bridgehead atoms. The summed E-state index contributed by atoms with van der Waals surface area (Å²) in [6.07, 6.45) is 0.995. The Hall–Kier alpha value is -3.18. The van der Waals surface area contributed by atoms with Gasteiger partial charge in [0.1, 0.15) is 5.82 Å². The zero-order valence-corrected chi connectivity index (χ0v) is 16.5. The largest absolute Gasteiger partial charge is 0.420 e. The molecule has 1 aliphatic heterocycles. The van der Waals surface area contributed by atoms with Crippen LogP contribution in [0.2, 0.25) is 0 Å². The minimum atomic E-state index is -3.74. The predicted octanol–water partition coefficient (Wildman–Crippen LogP) is 3.35. The van der Waals surface area contributed by atoms with Crippen molar-refractivity contribution in [2.75, 3.05) is 13.1 Å². The van der Waals surface area contributed by atoms with Gasteiger partial charge in [0.15, 0.2) is 0 Å². The van der Waals surface area contributed by atoms with Crippen molar-refractivity contribution in [3.8, 4) is 11.5 Å². The first-order chi connectivity index (χ1) is 14.3. The second-order valence-electron chi connectivity index (χ2n) is 6.88. The molecule has 0 aliphatic carbocycles. The van der Waals surface area contributed by atoms with Gasteiger partial charge in [-0.15, -0.1) is 10.2 Å². The van der Waals surface area contributed by atoms with E-state index in [9.17, 15) is 22.9 Å². The molecule has 1 aromatic heterocycles. The summed E-state index contributed by atoms with van der Waals surface area (Å²) < 4.78 is 45.7. The van der Waals surface area contributed by atoms with Crippen LogP contribution in [-0.2, 0) is 10.0 Å². The highest BCUT2D eigenvalue weighted by Crippen LogP contribution is 2.32. The van der Waals surface area contributed by atoms with Crippen LogP contribution < -0.4 is 0 Å². The van der Waals surface area contributed by atoms with E-state index >= 15 is 0 Å². The Morgan fingerprint density at radius 2 is 1.67 bits per heavy atom. The Morgan fingerprint density at radius 3 is 2.27 bits per heavy atom. The quantitative estimate of drug-likeness (QED) is 0.448. The molecule has 1 saturated heterocycles. The van der Waals surface area contributed by atoms with E-state index in [1.54, 1.807) is 12.1 Å². The predicted molar refractivity (Wildman–Crippen MR) is 104 cm³/mol. The molecule has 1 fully saturated rings. The molecule has 3 aromatic rings. The molecule has 0 radical (unpaired) electrons. The summed E-state index contributed by atoms with van der Waals surface area (Å²) in [6.45, 7) is 0.524. The monoisotopic (exact) mass is 432 g/mol. The number of nitro groups is 1. The number of nitrogens with zero attached hydrogens (tertiary/aromatic N) is 4. The van der Waals surface area contributed by atoms with E-state index in [4.69, 9.17) is 4.42 Å². The van der Waals surface area contributed by atoms with Crippen LogP contribution in [0.4, 0.5) is 10.1 Å². The maximum atomic E-state index is 13.1. The summed E-state index contributed by atoms with van der Waals surface area (Å²) in [5.41, 5.74) is 0.439. The van der Waals surface area contributed by atoms with Gasteiger partial charge in [0, 0.05) is 36.7 Å². The molecule has 2 aromatic carbocycles. The van der Waals surface area contributed by atoms with Crippen LogP contribution in [0.5, 0.6) is 0 Å². The third-order valence-electron chi connectivity index (χ3n) is 5.02. The van der Waals surface area contributed by atoms with Gasteiger partial charge in [0.25, 0.3) is 5.69 Å². The lowest BCUT2D eigenvalue weighted by Gasteiger charge is -2.29. The van der Waals surface area contributed by atoms with Crippen molar-refractivity contribution in [2.45, 2.75) is 23.7 Å².